The van der Waals surface area contributed by atoms with E-state index in [1.165, 1.54) is 0 Å². The molecule has 0 saturated carbocycles. The Kier molecular flexibility index (Phi) is 3.03. The third kappa shape index (κ3) is 1.85. The van der Waals surface area contributed by atoms with Crippen molar-refractivity contribution in [3.8, 4) is 5.88 Å². The molecule has 0 aliphatic heterocycles. The molecule has 1 aromatic carbocycles. The van der Waals surface area contributed by atoms with Crippen molar-refractivity contribution < 1.29 is 9.84 Å². The van der Waals surface area contributed by atoms with Crippen molar-refractivity contribution in [3.05, 3.63) is 36.0 Å². The third-order valence-electron chi connectivity index (χ3n) is 2.57. The summed E-state index contributed by atoms with van der Waals surface area (Å²) in [5.41, 5.74) is 6.64. The molecule has 0 radical (unpaired) electrons. The van der Waals surface area contributed by atoms with Gasteiger partial charge in [-0.15, -0.1) is 0 Å². The minimum atomic E-state index is -0.366. The van der Waals surface area contributed by atoms with Gasteiger partial charge in [-0.25, -0.2) is 4.98 Å². The second kappa shape index (κ2) is 4.47. The number of nitrogens with zero attached hydrogens (tertiary/aromatic N) is 1. The average Bonchev–Trinajstić information content (AvgIpc) is 2.36. The predicted molar refractivity (Wildman–Crippen MR) is 62.3 cm³/mol. The van der Waals surface area contributed by atoms with Crippen LogP contribution in [-0.4, -0.2) is 23.8 Å². The molecule has 0 amide bonds. The molecule has 0 saturated heterocycles. The molecule has 2 aromatic rings. The third-order valence-corrected chi connectivity index (χ3v) is 2.57. The van der Waals surface area contributed by atoms with Crippen LogP contribution in [0.15, 0.2) is 30.5 Å². The highest BCUT2D eigenvalue weighted by Gasteiger charge is 2.08. The predicted octanol–water partition coefficient (Wildman–Crippen LogP) is 1.24. The van der Waals surface area contributed by atoms with Crippen LogP contribution in [-0.2, 0) is 0 Å². The highest BCUT2D eigenvalue weighted by molar-refractivity contribution is 5.87. The highest BCUT2D eigenvalue weighted by atomic mass is 16.5. The van der Waals surface area contributed by atoms with Gasteiger partial charge in [0.05, 0.1) is 19.8 Å². The Morgan fingerprint density at radius 1 is 1.44 bits per heavy atom. The van der Waals surface area contributed by atoms with Crippen LogP contribution in [0.3, 0.4) is 0 Å². The van der Waals surface area contributed by atoms with E-state index in [9.17, 15) is 0 Å². The van der Waals surface area contributed by atoms with Gasteiger partial charge >= 0.3 is 0 Å². The number of nitrogens with two attached hydrogens (primary N) is 1. The van der Waals surface area contributed by atoms with Gasteiger partial charge in [-0.05, 0) is 23.1 Å². The van der Waals surface area contributed by atoms with E-state index in [1.807, 2.05) is 24.3 Å². The lowest BCUT2D eigenvalue weighted by Gasteiger charge is -2.10. The molecule has 16 heavy (non-hydrogen) atoms. The number of rotatable bonds is 3. The normalized spacial score (nSPS) is 12.7. The maximum atomic E-state index is 9.01. The lowest BCUT2D eigenvalue weighted by Crippen LogP contribution is -2.14. The Bertz CT molecular complexity index is 499. The molecule has 0 spiro atoms. The molecular weight excluding hydrogens is 204 g/mol. The first-order valence-electron chi connectivity index (χ1n) is 5.05. The summed E-state index contributed by atoms with van der Waals surface area (Å²) in [5, 5.41) is 11.0. The Labute approximate surface area is 93.7 Å². The van der Waals surface area contributed by atoms with E-state index in [-0.39, 0.29) is 12.6 Å². The molecular formula is C12H14N2O2. The van der Waals surface area contributed by atoms with Crippen molar-refractivity contribution in [2.45, 2.75) is 6.04 Å². The molecule has 1 heterocycles. The largest absolute Gasteiger partial charge is 0.481 e. The summed E-state index contributed by atoms with van der Waals surface area (Å²) >= 11 is 0. The van der Waals surface area contributed by atoms with Crippen LogP contribution in [0.4, 0.5) is 0 Å². The monoisotopic (exact) mass is 218 g/mol. The molecule has 84 valence electrons. The molecule has 0 bridgehead atoms. The van der Waals surface area contributed by atoms with Crippen molar-refractivity contribution in [3.63, 3.8) is 0 Å². The Morgan fingerprint density at radius 2 is 2.25 bits per heavy atom. The van der Waals surface area contributed by atoms with Crippen LogP contribution in [0.25, 0.3) is 10.8 Å². The first-order chi connectivity index (χ1) is 7.76. The average molecular weight is 218 g/mol. The molecule has 0 aliphatic carbocycles. The number of pyridine rings is 1. The molecule has 4 heteroatoms. The standard InChI is InChI=1S/C12H14N2O2/c1-16-12-10-6-9(11(13)7-15)3-2-8(10)4-5-14-12/h2-6,11,15H,7,13H2,1H3. The second-order valence-corrected chi connectivity index (χ2v) is 3.59. The molecule has 1 unspecified atom stereocenters. The van der Waals surface area contributed by atoms with Crippen LogP contribution in [0, 0.1) is 0 Å². The van der Waals surface area contributed by atoms with Gasteiger partial charge in [-0.1, -0.05) is 12.1 Å². The maximum absolute atomic E-state index is 9.01. The quantitative estimate of drug-likeness (QED) is 0.813. The number of methoxy groups -OCH3 is 1. The summed E-state index contributed by atoms with van der Waals surface area (Å²) in [6, 6.07) is 7.30. The fraction of sp³-hybridized carbons (Fsp3) is 0.250. The fourth-order valence-corrected chi connectivity index (χ4v) is 1.66. The van der Waals surface area contributed by atoms with Gasteiger partial charge < -0.3 is 15.6 Å². The molecule has 4 nitrogen and oxygen atoms in total. The summed E-state index contributed by atoms with van der Waals surface area (Å²) in [5.74, 6) is 0.574. The van der Waals surface area contributed by atoms with Crippen LogP contribution < -0.4 is 10.5 Å². The minimum absolute atomic E-state index is 0.0753. The zero-order valence-electron chi connectivity index (χ0n) is 9.05. The van der Waals surface area contributed by atoms with Gasteiger partial charge in [-0.2, -0.15) is 0 Å². The highest BCUT2D eigenvalue weighted by Crippen LogP contribution is 2.25. The lowest BCUT2D eigenvalue weighted by atomic mass is 10.0. The van der Waals surface area contributed by atoms with E-state index in [4.69, 9.17) is 15.6 Å². The van der Waals surface area contributed by atoms with Crippen molar-refractivity contribution in [2.24, 2.45) is 5.73 Å². The van der Waals surface area contributed by atoms with Gasteiger partial charge in [0.25, 0.3) is 0 Å². The van der Waals surface area contributed by atoms with E-state index >= 15 is 0 Å². The number of aliphatic hydroxyl groups is 1. The molecule has 2 rings (SSSR count). The van der Waals surface area contributed by atoms with E-state index in [1.54, 1.807) is 13.3 Å². The number of aromatic nitrogens is 1. The number of hydrogen-bond donors (Lipinski definition) is 2. The van der Waals surface area contributed by atoms with Crippen LogP contribution in [0.2, 0.25) is 0 Å². The summed E-state index contributed by atoms with van der Waals surface area (Å²) in [6.07, 6.45) is 1.70. The number of hydrogen-bond acceptors (Lipinski definition) is 4. The first-order valence-corrected chi connectivity index (χ1v) is 5.05. The Morgan fingerprint density at radius 3 is 2.94 bits per heavy atom. The second-order valence-electron chi connectivity index (χ2n) is 3.59. The Balaban J connectivity index is 2.59. The fourth-order valence-electron chi connectivity index (χ4n) is 1.66. The number of aliphatic hydroxyl groups excluding tert-OH is 1. The van der Waals surface area contributed by atoms with Gasteiger partial charge in [0.15, 0.2) is 0 Å². The van der Waals surface area contributed by atoms with Crippen molar-refractivity contribution >= 4 is 10.8 Å². The van der Waals surface area contributed by atoms with Crippen LogP contribution >= 0.6 is 0 Å². The van der Waals surface area contributed by atoms with Crippen LogP contribution in [0.1, 0.15) is 11.6 Å². The van der Waals surface area contributed by atoms with E-state index in [0.29, 0.717) is 5.88 Å². The van der Waals surface area contributed by atoms with Gasteiger partial charge in [0.2, 0.25) is 5.88 Å². The molecule has 0 fully saturated rings. The van der Waals surface area contributed by atoms with E-state index in [2.05, 4.69) is 4.98 Å². The Hall–Kier alpha value is -1.65. The lowest BCUT2D eigenvalue weighted by molar-refractivity contribution is 0.268. The molecule has 1 aromatic heterocycles. The number of ether oxygens (including phenoxy) is 1. The number of fused-ring (bicyclic) bond motifs is 1. The molecule has 1 atom stereocenters. The van der Waals surface area contributed by atoms with Crippen LogP contribution in [0.5, 0.6) is 5.88 Å². The smallest absolute Gasteiger partial charge is 0.221 e. The zero-order valence-corrected chi connectivity index (χ0v) is 9.05. The topological polar surface area (TPSA) is 68.4 Å². The SMILES string of the molecule is COc1nccc2ccc(C(N)CO)cc12. The minimum Gasteiger partial charge on any atom is -0.481 e. The van der Waals surface area contributed by atoms with Gasteiger partial charge in [0, 0.05) is 11.6 Å². The summed E-state index contributed by atoms with van der Waals surface area (Å²) in [6.45, 7) is -0.0753. The zero-order chi connectivity index (χ0) is 11.5. The number of benzene rings is 1. The van der Waals surface area contributed by atoms with E-state index < -0.39 is 0 Å². The summed E-state index contributed by atoms with van der Waals surface area (Å²) in [4.78, 5) is 4.13. The van der Waals surface area contributed by atoms with Crippen molar-refractivity contribution in [1.29, 1.82) is 0 Å². The summed E-state index contributed by atoms with van der Waals surface area (Å²) < 4.78 is 5.18. The van der Waals surface area contributed by atoms with E-state index in [0.717, 1.165) is 16.3 Å². The molecule has 3 N–H and O–H groups in total. The van der Waals surface area contributed by atoms with Crippen molar-refractivity contribution in [2.75, 3.05) is 13.7 Å². The summed E-state index contributed by atoms with van der Waals surface area (Å²) in [7, 11) is 1.58. The molecule has 0 aliphatic rings. The van der Waals surface area contributed by atoms with Gasteiger partial charge in [0.1, 0.15) is 0 Å². The van der Waals surface area contributed by atoms with Gasteiger partial charge in [-0.3, -0.25) is 0 Å². The maximum Gasteiger partial charge on any atom is 0.221 e. The first kappa shape index (κ1) is 10.9. The van der Waals surface area contributed by atoms with Crippen molar-refractivity contribution in [1.82, 2.24) is 4.98 Å².